The van der Waals surface area contributed by atoms with Gasteiger partial charge in [0.15, 0.2) is 0 Å². The highest BCUT2D eigenvalue weighted by molar-refractivity contribution is 6.28. The van der Waals surface area contributed by atoms with E-state index >= 15 is 0 Å². The van der Waals surface area contributed by atoms with Gasteiger partial charge in [0.2, 0.25) is 17.2 Å². The molecule has 1 heterocycles. The molecule has 0 amide bonds. The number of hydrogen-bond donors (Lipinski definition) is 2. The highest BCUT2D eigenvalue weighted by atomic mass is 35.5. The van der Waals surface area contributed by atoms with Gasteiger partial charge in [0.25, 0.3) is 0 Å². The molecule has 0 aliphatic heterocycles. The Morgan fingerprint density at radius 2 is 1.19 bits per heavy atom. The first kappa shape index (κ1) is 17.9. The molecule has 31 heavy (non-hydrogen) atoms. The van der Waals surface area contributed by atoms with Crippen LogP contribution in [0, 0.1) is 0 Å². The maximum Gasteiger partial charge on any atom is 0.233 e. The summed E-state index contributed by atoms with van der Waals surface area (Å²) in [6.45, 7) is 0. The van der Waals surface area contributed by atoms with E-state index in [4.69, 9.17) is 11.6 Å². The molecular weight excluding hydrogens is 406 g/mol. The van der Waals surface area contributed by atoms with Gasteiger partial charge in [-0.15, -0.1) is 0 Å². The van der Waals surface area contributed by atoms with Gasteiger partial charge in [-0.25, -0.2) is 0 Å². The van der Waals surface area contributed by atoms with Crippen LogP contribution < -0.4 is 10.6 Å². The summed E-state index contributed by atoms with van der Waals surface area (Å²) in [7, 11) is 0. The Kier molecular flexibility index (Phi) is 4.08. The minimum absolute atomic E-state index is 0.119. The molecule has 0 fully saturated rings. The zero-order chi connectivity index (χ0) is 20.8. The lowest BCUT2D eigenvalue weighted by Gasteiger charge is -2.15. The van der Waals surface area contributed by atoms with E-state index in [2.05, 4.69) is 74.1 Å². The molecule has 0 aliphatic rings. The molecule has 0 saturated heterocycles. The fraction of sp³-hybridized carbons (Fsp3) is 0. The first-order valence-electron chi connectivity index (χ1n) is 9.92. The predicted octanol–water partition coefficient (Wildman–Crippen LogP) is 6.91. The lowest BCUT2D eigenvalue weighted by atomic mass is 9.93. The number of benzene rings is 5. The fourth-order valence-electron chi connectivity index (χ4n) is 4.08. The quantitative estimate of drug-likeness (QED) is 0.303. The van der Waals surface area contributed by atoms with Crippen LogP contribution in [0.15, 0.2) is 84.9 Å². The van der Waals surface area contributed by atoms with E-state index in [1.807, 2.05) is 36.4 Å². The molecule has 5 nitrogen and oxygen atoms in total. The van der Waals surface area contributed by atoms with E-state index in [9.17, 15) is 0 Å². The van der Waals surface area contributed by atoms with E-state index in [1.54, 1.807) is 0 Å². The molecule has 6 heteroatoms. The SMILES string of the molecule is Clc1nc(Nc2ccccc2)nc(Nc2ccc3ccc4cccc5ccc2c3c45)n1. The summed E-state index contributed by atoms with van der Waals surface area (Å²) in [4.78, 5) is 13.0. The zero-order valence-corrected chi connectivity index (χ0v) is 17.1. The van der Waals surface area contributed by atoms with Gasteiger partial charge in [-0.1, -0.05) is 66.7 Å². The van der Waals surface area contributed by atoms with Crippen LogP contribution in [-0.2, 0) is 0 Å². The summed E-state index contributed by atoms with van der Waals surface area (Å²) in [5, 5.41) is 13.9. The second-order valence-electron chi connectivity index (χ2n) is 7.34. The van der Waals surface area contributed by atoms with Crippen molar-refractivity contribution in [2.45, 2.75) is 0 Å². The Morgan fingerprint density at radius 3 is 1.97 bits per heavy atom. The second-order valence-corrected chi connectivity index (χ2v) is 7.67. The van der Waals surface area contributed by atoms with Gasteiger partial charge in [-0.05, 0) is 56.7 Å². The van der Waals surface area contributed by atoms with E-state index in [0.29, 0.717) is 11.9 Å². The molecular formula is C25H16ClN5. The summed E-state index contributed by atoms with van der Waals surface area (Å²) < 4.78 is 0. The first-order chi connectivity index (χ1) is 15.2. The van der Waals surface area contributed by atoms with Crippen molar-refractivity contribution in [1.29, 1.82) is 0 Å². The number of para-hydroxylation sites is 1. The van der Waals surface area contributed by atoms with Crippen molar-refractivity contribution in [3.63, 3.8) is 0 Å². The van der Waals surface area contributed by atoms with Gasteiger partial charge in [-0.3, -0.25) is 0 Å². The second kappa shape index (κ2) is 7.07. The van der Waals surface area contributed by atoms with Gasteiger partial charge >= 0.3 is 0 Å². The van der Waals surface area contributed by atoms with Crippen molar-refractivity contribution in [1.82, 2.24) is 15.0 Å². The lowest BCUT2D eigenvalue weighted by Crippen LogP contribution is -2.04. The van der Waals surface area contributed by atoms with E-state index in [0.717, 1.165) is 16.8 Å². The van der Waals surface area contributed by atoms with Crippen molar-refractivity contribution in [3.05, 3.63) is 90.2 Å². The number of anilines is 4. The third-order valence-electron chi connectivity index (χ3n) is 5.41. The van der Waals surface area contributed by atoms with Crippen LogP contribution in [0.2, 0.25) is 5.28 Å². The molecule has 1 aromatic heterocycles. The minimum Gasteiger partial charge on any atom is -0.324 e. The van der Waals surface area contributed by atoms with Crippen LogP contribution in [0.5, 0.6) is 0 Å². The third kappa shape index (κ3) is 3.16. The molecule has 0 saturated carbocycles. The number of rotatable bonds is 4. The normalized spacial score (nSPS) is 11.4. The standard InChI is InChI=1S/C25H16ClN5/c26-23-29-24(27-18-7-2-1-3-8-18)31-25(30-23)28-20-14-12-17-10-9-15-5-4-6-16-11-13-19(20)22(17)21(15)16/h1-14H,(H2,27,28,29,30,31). The highest BCUT2D eigenvalue weighted by Gasteiger charge is 2.12. The van der Waals surface area contributed by atoms with Crippen molar-refractivity contribution < 1.29 is 0 Å². The van der Waals surface area contributed by atoms with E-state index in [1.165, 1.54) is 26.9 Å². The lowest BCUT2D eigenvalue weighted by molar-refractivity contribution is 1.06. The molecule has 0 spiro atoms. The monoisotopic (exact) mass is 421 g/mol. The topological polar surface area (TPSA) is 62.7 Å². The Morgan fingerprint density at radius 1 is 0.548 bits per heavy atom. The van der Waals surface area contributed by atoms with Crippen molar-refractivity contribution in [2.24, 2.45) is 0 Å². The number of nitrogens with zero attached hydrogens (tertiary/aromatic N) is 3. The van der Waals surface area contributed by atoms with E-state index in [-0.39, 0.29) is 5.28 Å². The highest BCUT2D eigenvalue weighted by Crippen LogP contribution is 2.38. The summed E-state index contributed by atoms with van der Waals surface area (Å²) in [6.07, 6.45) is 0. The predicted molar refractivity (Wildman–Crippen MR) is 128 cm³/mol. The van der Waals surface area contributed by atoms with Crippen LogP contribution in [-0.4, -0.2) is 15.0 Å². The Labute approximate surface area is 183 Å². The fourth-order valence-corrected chi connectivity index (χ4v) is 4.24. The molecule has 6 aromatic rings. The largest absolute Gasteiger partial charge is 0.324 e. The molecule has 0 aliphatic carbocycles. The molecule has 148 valence electrons. The summed E-state index contributed by atoms with van der Waals surface area (Å²) >= 11 is 6.18. The molecule has 0 radical (unpaired) electrons. The number of nitrogens with one attached hydrogen (secondary N) is 2. The van der Waals surface area contributed by atoms with Crippen molar-refractivity contribution in [3.8, 4) is 0 Å². The van der Waals surface area contributed by atoms with Crippen LogP contribution in [0.1, 0.15) is 0 Å². The Hall–Kier alpha value is -3.96. The van der Waals surface area contributed by atoms with Crippen LogP contribution in [0.25, 0.3) is 32.3 Å². The summed E-state index contributed by atoms with van der Waals surface area (Å²) in [6, 6.07) is 28.9. The van der Waals surface area contributed by atoms with Gasteiger partial charge in [-0.2, -0.15) is 15.0 Å². The molecule has 6 rings (SSSR count). The Bertz CT molecular complexity index is 1530. The van der Waals surface area contributed by atoms with Crippen LogP contribution in [0.3, 0.4) is 0 Å². The maximum atomic E-state index is 6.18. The molecule has 2 N–H and O–H groups in total. The van der Waals surface area contributed by atoms with Gasteiger partial charge < -0.3 is 10.6 Å². The third-order valence-corrected chi connectivity index (χ3v) is 5.58. The smallest absolute Gasteiger partial charge is 0.233 e. The van der Waals surface area contributed by atoms with Crippen LogP contribution in [0.4, 0.5) is 23.3 Å². The minimum atomic E-state index is 0.119. The number of halogens is 1. The molecule has 0 atom stereocenters. The van der Waals surface area contributed by atoms with Gasteiger partial charge in [0.1, 0.15) is 0 Å². The number of hydrogen-bond acceptors (Lipinski definition) is 5. The average molecular weight is 422 g/mol. The van der Waals surface area contributed by atoms with Gasteiger partial charge in [0.05, 0.1) is 0 Å². The van der Waals surface area contributed by atoms with E-state index < -0.39 is 0 Å². The van der Waals surface area contributed by atoms with Crippen molar-refractivity contribution >= 4 is 67.2 Å². The molecule has 0 unspecified atom stereocenters. The first-order valence-corrected chi connectivity index (χ1v) is 10.3. The van der Waals surface area contributed by atoms with Gasteiger partial charge in [0, 0.05) is 16.8 Å². The number of aromatic nitrogens is 3. The molecule has 5 aromatic carbocycles. The van der Waals surface area contributed by atoms with Crippen LogP contribution >= 0.6 is 11.6 Å². The summed E-state index contributed by atoms with van der Waals surface area (Å²) in [5.41, 5.74) is 1.79. The zero-order valence-electron chi connectivity index (χ0n) is 16.3. The van der Waals surface area contributed by atoms with Crippen molar-refractivity contribution in [2.75, 3.05) is 10.6 Å². The average Bonchev–Trinajstić information content (AvgIpc) is 2.79. The maximum absolute atomic E-state index is 6.18. The Balaban J connectivity index is 1.45. The summed E-state index contributed by atoms with van der Waals surface area (Å²) in [5.74, 6) is 0.764. The molecule has 0 bridgehead atoms.